The Balaban J connectivity index is 2.10. The van der Waals surface area contributed by atoms with E-state index in [1.165, 1.54) is 13.0 Å². The monoisotopic (exact) mass is 491 g/mol. The normalized spacial score (nSPS) is 16.4. The fraction of sp³-hybridized carbons (Fsp3) is 0.438. The van der Waals surface area contributed by atoms with Crippen molar-refractivity contribution in [3.8, 4) is 5.75 Å². The van der Waals surface area contributed by atoms with Crippen LogP contribution in [0.3, 0.4) is 0 Å². The maximum Gasteiger partial charge on any atom is 0.547 e. The second kappa shape index (κ2) is 9.79. The molecular weight excluding hydrogens is 472 g/mol. The molecule has 0 aliphatic carbocycles. The van der Waals surface area contributed by atoms with Crippen LogP contribution in [-0.4, -0.2) is 47.0 Å². The van der Waals surface area contributed by atoms with E-state index >= 15 is 0 Å². The van der Waals surface area contributed by atoms with E-state index in [-0.39, 0.29) is 34.7 Å². The molecule has 0 radical (unpaired) electrons. The summed E-state index contributed by atoms with van der Waals surface area (Å²) in [5.74, 6) is -1.46. The van der Waals surface area contributed by atoms with Crippen molar-refractivity contribution in [1.82, 2.24) is 5.32 Å². The van der Waals surface area contributed by atoms with Crippen molar-refractivity contribution < 1.29 is 38.3 Å². The van der Waals surface area contributed by atoms with Crippen LogP contribution in [0, 0.1) is 0 Å². The lowest BCUT2D eigenvalue weighted by Crippen LogP contribution is -2.53. The lowest BCUT2D eigenvalue weighted by atomic mass is 9.72. The number of esters is 1. The smallest absolute Gasteiger partial charge is 0.534 e. The third kappa shape index (κ3) is 5.73. The number of hydrogen-bond donors (Lipinski definition) is 2. The van der Waals surface area contributed by atoms with Crippen molar-refractivity contribution in [2.75, 3.05) is 4.61 Å². The molecule has 9 nitrogen and oxygen atoms in total. The molecule has 0 saturated heterocycles. The molecule has 27 heavy (non-hydrogen) atoms. The highest BCUT2D eigenvalue weighted by Gasteiger charge is 2.37. The summed E-state index contributed by atoms with van der Waals surface area (Å²) < 4.78 is 20.0. The Morgan fingerprint density at radius 2 is 2.15 bits per heavy atom. The number of benzene rings is 1. The molecule has 2 atom stereocenters. The number of alkyl halides is 1. The van der Waals surface area contributed by atoms with E-state index in [4.69, 9.17) is 14.1 Å². The first-order valence-electron chi connectivity index (χ1n) is 8.22. The SMILES string of the molecule is CCC(=O)N[C@H]1Cc2cccc(C(=O)OC(C)OC(=O)OCI)c2OB1O. The summed E-state index contributed by atoms with van der Waals surface area (Å²) in [6, 6.07) is 4.82. The Morgan fingerprint density at radius 3 is 2.81 bits per heavy atom. The molecule has 1 aliphatic heterocycles. The van der Waals surface area contributed by atoms with Gasteiger partial charge < -0.3 is 29.2 Å². The third-order valence-electron chi connectivity index (χ3n) is 3.71. The standard InChI is InChI=1S/C16H19BINO8/c1-3-13(20)19-12-7-10-5-4-6-11(14(10)27-17(12)23)15(21)25-9(2)26-16(22)24-8-18/h4-6,9,12,23H,3,7-8H2,1-2H3,(H,19,20)/t9?,12-/m0/s1. The van der Waals surface area contributed by atoms with E-state index in [1.54, 1.807) is 19.1 Å². The van der Waals surface area contributed by atoms with E-state index in [1.807, 2.05) is 22.6 Å². The van der Waals surface area contributed by atoms with Gasteiger partial charge in [0.2, 0.25) is 12.2 Å². The van der Waals surface area contributed by atoms with Gasteiger partial charge in [-0.25, -0.2) is 9.59 Å². The van der Waals surface area contributed by atoms with Crippen molar-refractivity contribution >= 4 is 47.7 Å². The van der Waals surface area contributed by atoms with Gasteiger partial charge in [0.1, 0.15) is 15.9 Å². The van der Waals surface area contributed by atoms with Crippen LogP contribution in [0.1, 0.15) is 36.2 Å². The summed E-state index contributed by atoms with van der Waals surface area (Å²) >= 11 is 1.82. The van der Waals surface area contributed by atoms with Crippen LogP contribution in [0.2, 0.25) is 0 Å². The van der Waals surface area contributed by atoms with E-state index in [0.717, 1.165) is 0 Å². The molecular formula is C16H19BINO8. The van der Waals surface area contributed by atoms with E-state index in [9.17, 15) is 19.4 Å². The van der Waals surface area contributed by atoms with Gasteiger partial charge in [0.15, 0.2) is 0 Å². The van der Waals surface area contributed by atoms with Crippen LogP contribution < -0.4 is 9.97 Å². The minimum atomic E-state index is -1.31. The molecule has 0 saturated carbocycles. The molecule has 1 aromatic carbocycles. The van der Waals surface area contributed by atoms with Crippen molar-refractivity contribution in [3.63, 3.8) is 0 Å². The largest absolute Gasteiger partial charge is 0.547 e. The van der Waals surface area contributed by atoms with Gasteiger partial charge in [-0.2, -0.15) is 0 Å². The van der Waals surface area contributed by atoms with Gasteiger partial charge in [0, 0.05) is 13.3 Å². The van der Waals surface area contributed by atoms with Gasteiger partial charge in [-0.1, -0.05) is 19.1 Å². The highest BCUT2D eigenvalue weighted by Crippen LogP contribution is 2.31. The van der Waals surface area contributed by atoms with Gasteiger partial charge in [0.25, 0.3) is 0 Å². The highest BCUT2D eigenvalue weighted by atomic mass is 127. The van der Waals surface area contributed by atoms with Gasteiger partial charge >= 0.3 is 19.2 Å². The first-order chi connectivity index (χ1) is 12.8. The minimum absolute atomic E-state index is 0.0736. The first kappa shape index (κ1) is 21.3. The Morgan fingerprint density at radius 1 is 1.41 bits per heavy atom. The second-order valence-corrected chi connectivity index (χ2v) is 6.25. The number of para-hydroxylation sites is 1. The molecule has 1 aliphatic rings. The first-order valence-corrected chi connectivity index (χ1v) is 9.74. The lowest BCUT2D eigenvalue weighted by Gasteiger charge is -2.29. The van der Waals surface area contributed by atoms with Crippen LogP contribution in [-0.2, 0) is 25.4 Å². The quantitative estimate of drug-likeness (QED) is 0.203. The summed E-state index contributed by atoms with van der Waals surface area (Å²) in [5, 5.41) is 12.8. The van der Waals surface area contributed by atoms with Crippen LogP contribution in [0.4, 0.5) is 4.79 Å². The molecule has 2 rings (SSSR count). The topological polar surface area (TPSA) is 120 Å². The zero-order valence-corrected chi connectivity index (χ0v) is 16.9. The number of nitrogens with one attached hydrogen (secondary N) is 1. The highest BCUT2D eigenvalue weighted by molar-refractivity contribution is 14.1. The predicted octanol–water partition coefficient (Wildman–Crippen LogP) is 1.58. The summed E-state index contributed by atoms with van der Waals surface area (Å²) in [6.07, 6.45) is -1.56. The predicted molar refractivity (Wildman–Crippen MR) is 102 cm³/mol. The Bertz CT molecular complexity index is 716. The molecule has 146 valence electrons. The van der Waals surface area contributed by atoms with Crippen molar-refractivity contribution in [2.24, 2.45) is 0 Å². The molecule has 11 heteroatoms. The van der Waals surface area contributed by atoms with Gasteiger partial charge in [-0.15, -0.1) is 0 Å². The molecule has 0 fully saturated rings. The average Bonchev–Trinajstić information content (AvgIpc) is 2.61. The maximum absolute atomic E-state index is 12.4. The molecule has 0 spiro atoms. The number of hydrogen-bond acceptors (Lipinski definition) is 8. The lowest BCUT2D eigenvalue weighted by molar-refractivity contribution is -0.121. The van der Waals surface area contributed by atoms with Crippen LogP contribution in [0.25, 0.3) is 0 Å². The number of amides is 1. The summed E-state index contributed by atoms with van der Waals surface area (Å²) in [6.45, 7) is 3.07. The second-order valence-electron chi connectivity index (χ2n) is 5.63. The van der Waals surface area contributed by atoms with Crippen molar-refractivity contribution in [3.05, 3.63) is 29.3 Å². The number of halogens is 1. The van der Waals surface area contributed by atoms with Crippen LogP contribution in [0.15, 0.2) is 18.2 Å². The number of ether oxygens (including phenoxy) is 3. The number of rotatable bonds is 6. The van der Waals surface area contributed by atoms with Crippen molar-refractivity contribution in [1.29, 1.82) is 0 Å². The molecule has 0 bridgehead atoms. The molecule has 1 amide bonds. The molecule has 1 heterocycles. The number of fused-ring (bicyclic) bond motifs is 1. The Labute approximate surface area is 170 Å². The zero-order chi connectivity index (χ0) is 20.0. The molecule has 1 unspecified atom stereocenters. The number of carbonyl (C=O) groups excluding carboxylic acids is 3. The van der Waals surface area contributed by atoms with Crippen molar-refractivity contribution in [2.45, 2.75) is 38.9 Å². The summed E-state index contributed by atoms with van der Waals surface area (Å²) in [4.78, 5) is 35.2. The van der Waals surface area contributed by atoms with Gasteiger partial charge in [-0.3, -0.25) is 4.79 Å². The van der Waals surface area contributed by atoms with Gasteiger partial charge in [0.05, 0.1) is 5.94 Å². The zero-order valence-electron chi connectivity index (χ0n) is 14.8. The average molecular weight is 491 g/mol. The Hall–Kier alpha value is -2.02. The minimum Gasteiger partial charge on any atom is -0.534 e. The van der Waals surface area contributed by atoms with E-state index in [0.29, 0.717) is 5.56 Å². The molecule has 0 aromatic heterocycles. The summed E-state index contributed by atoms with van der Waals surface area (Å²) in [7, 11) is -1.31. The third-order valence-corrected chi connectivity index (χ3v) is 4.03. The van der Waals surface area contributed by atoms with Gasteiger partial charge in [-0.05, 0) is 40.6 Å². The van der Waals surface area contributed by atoms with E-state index in [2.05, 4.69) is 10.1 Å². The maximum atomic E-state index is 12.4. The summed E-state index contributed by atoms with van der Waals surface area (Å²) in [5.41, 5.74) is 0.707. The molecule has 1 aromatic rings. The van der Waals surface area contributed by atoms with E-state index < -0.39 is 31.5 Å². The van der Waals surface area contributed by atoms with Crippen LogP contribution >= 0.6 is 22.6 Å². The number of carbonyl (C=O) groups is 3. The fourth-order valence-corrected chi connectivity index (χ4v) is 2.72. The van der Waals surface area contributed by atoms with Crippen LogP contribution in [0.5, 0.6) is 5.75 Å². The Kier molecular flexibility index (Phi) is 7.71. The fourth-order valence-electron chi connectivity index (χ4n) is 2.47. The molecule has 2 N–H and O–H groups in total.